The molecule has 6 heteroatoms. The standard InChI is InChI=1S/C21H21N3O3/c1-15(2)24(14-16-7-4-3-5-8-16)20(25)18(12-22)13-23-19-10-6-9-17(11-19)21(26)27/h3-11,13,15,23H,14H2,1-2H3,(H,26,27)/b18-13-. The van der Waals surface area contributed by atoms with E-state index in [9.17, 15) is 14.9 Å². The van der Waals surface area contributed by atoms with Crippen LogP contribution in [0.5, 0.6) is 0 Å². The van der Waals surface area contributed by atoms with Crippen molar-refractivity contribution in [1.29, 1.82) is 5.26 Å². The van der Waals surface area contributed by atoms with E-state index in [1.165, 1.54) is 18.3 Å². The van der Waals surface area contributed by atoms with Crippen LogP contribution in [0.2, 0.25) is 0 Å². The van der Waals surface area contributed by atoms with E-state index in [-0.39, 0.29) is 17.2 Å². The van der Waals surface area contributed by atoms with Gasteiger partial charge in [0.1, 0.15) is 11.6 Å². The molecule has 0 saturated carbocycles. The summed E-state index contributed by atoms with van der Waals surface area (Å²) < 4.78 is 0. The Morgan fingerprint density at radius 2 is 1.89 bits per heavy atom. The van der Waals surface area contributed by atoms with Gasteiger partial charge in [0.05, 0.1) is 5.56 Å². The molecule has 0 fully saturated rings. The second kappa shape index (κ2) is 9.20. The third-order valence-electron chi connectivity index (χ3n) is 3.92. The first-order valence-electron chi connectivity index (χ1n) is 8.47. The molecule has 2 aromatic rings. The lowest BCUT2D eigenvalue weighted by atomic mass is 10.1. The van der Waals surface area contributed by atoms with Crippen LogP contribution in [0.25, 0.3) is 0 Å². The number of aromatic carboxylic acids is 1. The summed E-state index contributed by atoms with van der Waals surface area (Å²) in [7, 11) is 0. The van der Waals surface area contributed by atoms with Crippen LogP contribution in [0.4, 0.5) is 5.69 Å². The van der Waals surface area contributed by atoms with Crippen LogP contribution in [-0.4, -0.2) is 27.9 Å². The number of nitrogens with one attached hydrogen (secondary N) is 1. The number of carboxylic acid groups (broad SMARTS) is 1. The topological polar surface area (TPSA) is 93.4 Å². The summed E-state index contributed by atoms with van der Waals surface area (Å²) in [6.45, 7) is 4.17. The Balaban J connectivity index is 2.19. The molecule has 27 heavy (non-hydrogen) atoms. The van der Waals surface area contributed by atoms with Crippen molar-refractivity contribution in [2.45, 2.75) is 26.4 Å². The second-order valence-electron chi connectivity index (χ2n) is 6.21. The molecule has 0 unspecified atom stereocenters. The molecule has 0 aliphatic rings. The molecule has 0 aliphatic heterocycles. The highest BCUT2D eigenvalue weighted by molar-refractivity contribution is 5.97. The molecule has 1 amide bonds. The van der Waals surface area contributed by atoms with E-state index in [4.69, 9.17) is 5.11 Å². The van der Waals surface area contributed by atoms with Crippen molar-refractivity contribution in [2.24, 2.45) is 0 Å². The fraction of sp³-hybridized carbons (Fsp3) is 0.190. The van der Waals surface area contributed by atoms with Gasteiger partial charge in [-0.15, -0.1) is 0 Å². The first-order valence-corrected chi connectivity index (χ1v) is 8.47. The minimum atomic E-state index is -1.05. The highest BCUT2D eigenvalue weighted by Gasteiger charge is 2.21. The largest absolute Gasteiger partial charge is 0.478 e. The Morgan fingerprint density at radius 3 is 2.48 bits per heavy atom. The van der Waals surface area contributed by atoms with Gasteiger partial charge in [-0.2, -0.15) is 5.26 Å². The number of carboxylic acids is 1. The van der Waals surface area contributed by atoms with Crippen LogP contribution in [0.15, 0.2) is 66.4 Å². The molecule has 0 bridgehead atoms. The lowest BCUT2D eigenvalue weighted by molar-refractivity contribution is -0.129. The lowest BCUT2D eigenvalue weighted by Crippen LogP contribution is -2.37. The molecule has 138 valence electrons. The average molecular weight is 363 g/mol. The summed E-state index contributed by atoms with van der Waals surface area (Å²) in [6.07, 6.45) is 1.31. The Hall–Kier alpha value is -3.59. The maximum atomic E-state index is 12.8. The van der Waals surface area contributed by atoms with Gasteiger partial charge in [-0.05, 0) is 37.6 Å². The molecule has 0 spiro atoms. The van der Waals surface area contributed by atoms with Gasteiger partial charge in [0, 0.05) is 24.5 Å². The summed E-state index contributed by atoms with van der Waals surface area (Å²) in [5.74, 6) is -1.44. The molecular formula is C21H21N3O3. The Kier molecular flexibility index (Phi) is 6.73. The zero-order chi connectivity index (χ0) is 19.8. The zero-order valence-corrected chi connectivity index (χ0v) is 15.2. The van der Waals surface area contributed by atoms with Crippen molar-refractivity contribution in [3.8, 4) is 6.07 Å². The highest BCUT2D eigenvalue weighted by Crippen LogP contribution is 2.14. The molecular weight excluding hydrogens is 342 g/mol. The summed E-state index contributed by atoms with van der Waals surface area (Å²) in [5, 5.41) is 21.3. The van der Waals surface area contributed by atoms with Gasteiger partial charge in [-0.3, -0.25) is 4.79 Å². The number of nitrogens with zero attached hydrogens (tertiary/aromatic N) is 2. The predicted molar refractivity (Wildman–Crippen MR) is 103 cm³/mol. The van der Waals surface area contributed by atoms with E-state index in [1.54, 1.807) is 17.0 Å². The van der Waals surface area contributed by atoms with Crippen LogP contribution in [0.1, 0.15) is 29.8 Å². The van der Waals surface area contributed by atoms with E-state index in [2.05, 4.69) is 5.32 Å². The minimum absolute atomic E-state index is 0.0552. The number of anilines is 1. The number of benzene rings is 2. The number of carbonyl (C=O) groups is 2. The first-order chi connectivity index (χ1) is 12.9. The quantitative estimate of drug-likeness (QED) is 0.579. The van der Waals surface area contributed by atoms with Gasteiger partial charge in [0.15, 0.2) is 0 Å². The van der Waals surface area contributed by atoms with E-state index < -0.39 is 11.9 Å². The van der Waals surface area contributed by atoms with Crippen LogP contribution in [-0.2, 0) is 11.3 Å². The first kappa shape index (κ1) is 19.7. The third-order valence-corrected chi connectivity index (χ3v) is 3.92. The number of rotatable bonds is 7. The molecule has 0 atom stereocenters. The zero-order valence-electron chi connectivity index (χ0n) is 15.2. The summed E-state index contributed by atoms with van der Waals surface area (Å²) in [6, 6.07) is 17.5. The minimum Gasteiger partial charge on any atom is -0.478 e. The fourth-order valence-corrected chi connectivity index (χ4v) is 2.46. The summed E-state index contributed by atoms with van der Waals surface area (Å²) >= 11 is 0. The van der Waals surface area contributed by atoms with Crippen molar-refractivity contribution < 1.29 is 14.7 Å². The van der Waals surface area contributed by atoms with Crippen molar-refractivity contribution >= 4 is 17.6 Å². The maximum Gasteiger partial charge on any atom is 0.335 e. The Labute approximate surface area is 158 Å². The monoisotopic (exact) mass is 363 g/mol. The van der Waals surface area contributed by atoms with Crippen LogP contribution in [0.3, 0.4) is 0 Å². The van der Waals surface area contributed by atoms with E-state index in [0.29, 0.717) is 12.2 Å². The van der Waals surface area contributed by atoms with Crippen molar-refractivity contribution in [3.63, 3.8) is 0 Å². The molecule has 0 aliphatic carbocycles. The van der Waals surface area contributed by atoms with Crippen LogP contribution >= 0.6 is 0 Å². The maximum absolute atomic E-state index is 12.8. The number of hydrogen-bond donors (Lipinski definition) is 2. The molecule has 2 aromatic carbocycles. The molecule has 0 heterocycles. The van der Waals surface area contributed by atoms with Gasteiger partial charge >= 0.3 is 5.97 Å². The molecule has 0 saturated heterocycles. The van der Waals surface area contributed by atoms with Crippen LogP contribution in [0, 0.1) is 11.3 Å². The Morgan fingerprint density at radius 1 is 1.19 bits per heavy atom. The van der Waals surface area contributed by atoms with Gasteiger partial charge < -0.3 is 15.3 Å². The molecule has 2 N–H and O–H groups in total. The smallest absolute Gasteiger partial charge is 0.335 e. The molecule has 0 radical (unpaired) electrons. The molecule has 6 nitrogen and oxygen atoms in total. The SMILES string of the molecule is CC(C)N(Cc1ccccc1)C(=O)/C(C#N)=C\Nc1cccc(C(=O)O)c1. The number of amides is 1. The molecule has 0 aromatic heterocycles. The predicted octanol–water partition coefficient (Wildman–Crippen LogP) is 3.64. The Bertz CT molecular complexity index is 883. The third kappa shape index (κ3) is 5.44. The number of hydrogen-bond acceptors (Lipinski definition) is 4. The van der Waals surface area contributed by atoms with Gasteiger partial charge in [0.25, 0.3) is 5.91 Å². The van der Waals surface area contributed by atoms with Gasteiger partial charge in [0.2, 0.25) is 0 Å². The van der Waals surface area contributed by atoms with Crippen LogP contribution < -0.4 is 5.32 Å². The summed E-state index contributed by atoms with van der Waals surface area (Å²) in [5.41, 5.74) is 1.51. The second-order valence-corrected chi connectivity index (χ2v) is 6.21. The van der Waals surface area contributed by atoms with Gasteiger partial charge in [-0.25, -0.2) is 4.79 Å². The van der Waals surface area contributed by atoms with E-state index in [1.807, 2.05) is 50.2 Å². The van der Waals surface area contributed by atoms with Crippen molar-refractivity contribution in [2.75, 3.05) is 5.32 Å². The number of nitriles is 1. The fourth-order valence-electron chi connectivity index (χ4n) is 2.46. The lowest BCUT2D eigenvalue weighted by Gasteiger charge is -2.26. The molecule has 2 rings (SSSR count). The van der Waals surface area contributed by atoms with Crippen molar-refractivity contribution in [3.05, 3.63) is 77.5 Å². The van der Waals surface area contributed by atoms with Gasteiger partial charge in [-0.1, -0.05) is 36.4 Å². The average Bonchev–Trinajstić information content (AvgIpc) is 2.67. The highest BCUT2D eigenvalue weighted by atomic mass is 16.4. The summed E-state index contributed by atoms with van der Waals surface area (Å²) in [4.78, 5) is 25.5. The number of carbonyl (C=O) groups excluding carboxylic acids is 1. The van der Waals surface area contributed by atoms with Crippen molar-refractivity contribution in [1.82, 2.24) is 4.90 Å². The van der Waals surface area contributed by atoms with E-state index in [0.717, 1.165) is 5.56 Å². The van der Waals surface area contributed by atoms with E-state index >= 15 is 0 Å². The normalized spacial score (nSPS) is 11.0.